The molecule has 0 bridgehead atoms. The van der Waals surface area contributed by atoms with Crippen LogP contribution < -0.4 is 5.32 Å². The summed E-state index contributed by atoms with van der Waals surface area (Å²) in [6, 6.07) is 14.0. The van der Waals surface area contributed by atoms with Crippen LogP contribution in [0.4, 0.5) is 0 Å². The molecule has 1 aliphatic heterocycles. The number of hydrogen-bond acceptors (Lipinski definition) is 3. The van der Waals surface area contributed by atoms with Crippen molar-refractivity contribution in [2.45, 2.75) is 12.0 Å². The van der Waals surface area contributed by atoms with Gasteiger partial charge in [0, 0.05) is 23.7 Å². The van der Waals surface area contributed by atoms with E-state index in [0.717, 1.165) is 29.2 Å². The first-order valence-electron chi connectivity index (χ1n) is 7.16. The summed E-state index contributed by atoms with van der Waals surface area (Å²) in [4.78, 5) is 12.8. The first kappa shape index (κ1) is 17.9. The van der Waals surface area contributed by atoms with Crippen LogP contribution in [0.5, 0.6) is 0 Å². The Morgan fingerprint density at radius 1 is 1.13 bits per heavy atom. The molecule has 0 aromatic heterocycles. The minimum atomic E-state index is -0.575. The molecule has 0 spiro atoms. The van der Waals surface area contributed by atoms with E-state index in [-0.39, 0.29) is 5.97 Å². The third kappa shape index (κ3) is 3.84. The van der Waals surface area contributed by atoms with Crippen LogP contribution in [-0.2, 0) is 10.3 Å². The number of esters is 1. The lowest BCUT2D eigenvalue weighted by Gasteiger charge is -2.29. The van der Waals surface area contributed by atoms with Crippen LogP contribution in [0.25, 0.3) is 0 Å². The zero-order chi connectivity index (χ0) is 16.4. The molecule has 1 fully saturated rings. The number of carbonyl (C=O) groups is 1. The highest BCUT2D eigenvalue weighted by Gasteiger charge is 2.40. The SMILES string of the molecule is O=C(OC1(c2ccccc2)CCNC1)c1cc(I)cc(I)c1I. The fourth-order valence-corrected chi connectivity index (χ4v) is 5.12. The first-order valence-corrected chi connectivity index (χ1v) is 10.4. The lowest BCUT2D eigenvalue weighted by atomic mass is 9.92. The van der Waals surface area contributed by atoms with Crippen molar-refractivity contribution in [1.82, 2.24) is 5.32 Å². The molecule has 1 N–H and O–H groups in total. The highest BCUT2D eigenvalue weighted by Crippen LogP contribution is 2.34. The van der Waals surface area contributed by atoms with Crippen molar-refractivity contribution in [3.8, 4) is 0 Å². The Labute approximate surface area is 176 Å². The van der Waals surface area contributed by atoms with E-state index < -0.39 is 5.60 Å². The maximum absolute atomic E-state index is 12.8. The second-order valence-corrected chi connectivity index (χ2v) is 8.91. The maximum Gasteiger partial charge on any atom is 0.340 e. The average Bonchev–Trinajstić information content (AvgIpc) is 3.01. The Balaban J connectivity index is 1.94. The lowest BCUT2D eigenvalue weighted by Crippen LogP contribution is -2.35. The third-order valence-electron chi connectivity index (χ3n) is 3.92. The molecule has 1 unspecified atom stereocenters. The van der Waals surface area contributed by atoms with E-state index in [4.69, 9.17) is 4.74 Å². The van der Waals surface area contributed by atoms with Crippen LogP contribution in [0.15, 0.2) is 42.5 Å². The van der Waals surface area contributed by atoms with Crippen molar-refractivity contribution >= 4 is 73.7 Å². The number of hydrogen-bond donors (Lipinski definition) is 1. The second-order valence-electron chi connectivity index (χ2n) is 5.43. The minimum absolute atomic E-state index is 0.251. The number of halogens is 3. The van der Waals surface area contributed by atoms with Crippen molar-refractivity contribution in [3.63, 3.8) is 0 Å². The first-order chi connectivity index (χ1) is 11.0. The quantitative estimate of drug-likeness (QED) is 0.303. The summed E-state index contributed by atoms with van der Waals surface area (Å²) >= 11 is 6.70. The summed E-state index contributed by atoms with van der Waals surface area (Å²) in [5, 5.41) is 3.32. The largest absolute Gasteiger partial charge is 0.449 e. The van der Waals surface area contributed by atoms with Gasteiger partial charge >= 0.3 is 5.97 Å². The predicted octanol–water partition coefficient (Wildman–Crippen LogP) is 4.55. The maximum atomic E-state index is 12.8. The van der Waals surface area contributed by atoms with E-state index in [2.05, 4.69) is 79.2 Å². The van der Waals surface area contributed by atoms with Gasteiger partial charge < -0.3 is 10.1 Å². The fourth-order valence-electron chi connectivity index (χ4n) is 2.74. The summed E-state index contributed by atoms with van der Waals surface area (Å²) < 4.78 is 9.11. The molecule has 0 saturated carbocycles. The number of ether oxygens (including phenoxy) is 1. The smallest absolute Gasteiger partial charge is 0.340 e. The normalized spacial score (nSPS) is 20.5. The van der Waals surface area contributed by atoms with Crippen molar-refractivity contribution in [2.75, 3.05) is 13.1 Å². The van der Waals surface area contributed by atoms with Gasteiger partial charge in [-0.25, -0.2) is 4.79 Å². The zero-order valence-corrected chi connectivity index (χ0v) is 18.6. The average molecular weight is 645 g/mol. The van der Waals surface area contributed by atoms with Crippen molar-refractivity contribution in [3.05, 3.63) is 64.3 Å². The number of rotatable bonds is 3. The van der Waals surface area contributed by atoms with Crippen LogP contribution in [0.3, 0.4) is 0 Å². The van der Waals surface area contributed by atoms with Crippen LogP contribution >= 0.6 is 67.8 Å². The summed E-state index contributed by atoms with van der Waals surface area (Å²) in [5.41, 5.74) is 1.12. The van der Waals surface area contributed by atoms with Gasteiger partial charge in [0.25, 0.3) is 0 Å². The van der Waals surface area contributed by atoms with Gasteiger partial charge in [-0.1, -0.05) is 30.3 Å². The Morgan fingerprint density at radius 2 is 1.87 bits per heavy atom. The van der Waals surface area contributed by atoms with Gasteiger partial charge in [0.2, 0.25) is 0 Å². The number of benzene rings is 2. The van der Waals surface area contributed by atoms with Gasteiger partial charge in [-0.2, -0.15) is 0 Å². The molecule has 0 radical (unpaired) electrons. The molecule has 1 heterocycles. The Morgan fingerprint density at radius 3 is 2.52 bits per heavy atom. The molecular weight excluding hydrogens is 631 g/mol. The number of carbonyl (C=O) groups excluding carboxylic acids is 1. The van der Waals surface area contributed by atoms with Crippen molar-refractivity contribution in [1.29, 1.82) is 0 Å². The van der Waals surface area contributed by atoms with Crippen LogP contribution in [-0.4, -0.2) is 19.1 Å². The highest BCUT2D eigenvalue weighted by molar-refractivity contribution is 14.1. The Bertz CT molecular complexity index is 728. The van der Waals surface area contributed by atoms with E-state index in [1.807, 2.05) is 36.4 Å². The molecule has 1 aliphatic rings. The molecule has 3 nitrogen and oxygen atoms in total. The van der Waals surface area contributed by atoms with Crippen LogP contribution in [0.2, 0.25) is 0 Å². The molecule has 1 saturated heterocycles. The molecule has 0 aliphatic carbocycles. The molecule has 23 heavy (non-hydrogen) atoms. The van der Waals surface area contributed by atoms with Gasteiger partial charge in [0.05, 0.1) is 5.56 Å². The van der Waals surface area contributed by atoms with E-state index in [1.54, 1.807) is 0 Å². The summed E-state index contributed by atoms with van der Waals surface area (Å²) in [6.07, 6.45) is 0.792. The predicted molar refractivity (Wildman–Crippen MR) is 116 cm³/mol. The van der Waals surface area contributed by atoms with Gasteiger partial charge in [-0.15, -0.1) is 0 Å². The molecule has 3 rings (SSSR count). The minimum Gasteiger partial charge on any atom is -0.449 e. The van der Waals surface area contributed by atoms with E-state index >= 15 is 0 Å². The molecule has 1 atom stereocenters. The monoisotopic (exact) mass is 645 g/mol. The standard InChI is InChI=1S/C17H14I3NO2/c18-12-8-13(15(20)14(19)9-12)16(22)23-17(6-7-21-10-17)11-4-2-1-3-5-11/h1-5,8-9,21H,6-7,10H2. The summed E-state index contributed by atoms with van der Waals surface area (Å²) in [6.45, 7) is 1.50. The van der Waals surface area contributed by atoms with Gasteiger partial charge in [-0.05, 0) is 92.0 Å². The molecule has 2 aromatic rings. The van der Waals surface area contributed by atoms with E-state index in [1.165, 1.54) is 0 Å². The second kappa shape index (κ2) is 7.52. The van der Waals surface area contributed by atoms with Crippen LogP contribution in [0, 0.1) is 10.7 Å². The third-order valence-corrected chi connectivity index (χ3v) is 7.58. The Hall–Kier alpha value is 0.0600. The van der Waals surface area contributed by atoms with Gasteiger partial charge in [-0.3, -0.25) is 0 Å². The molecule has 120 valence electrons. The zero-order valence-electron chi connectivity index (χ0n) is 12.1. The van der Waals surface area contributed by atoms with Crippen molar-refractivity contribution < 1.29 is 9.53 Å². The summed E-state index contributed by atoms with van der Waals surface area (Å²) in [5.74, 6) is -0.251. The molecule has 2 aromatic carbocycles. The molecule has 0 amide bonds. The van der Waals surface area contributed by atoms with Crippen LogP contribution in [0.1, 0.15) is 22.3 Å². The molecule has 6 heteroatoms. The number of nitrogens with one attached hydrogen (secondary N) is 1. The highest BCUT2D eigenvalue weighted by atomic mass is 127. The Kier molecular flexibility index (Phi) is 5.85. The fraction of sp³-hybridized carbons (Fsp3) is 0.235. The lowest BCUT2D eigenvalue weighted by molar-refractivity contribution is -0.0117. The van der Waals surface area contributed by atoms with E-state index in [9.17, 15) is 4.79 Å². The summed E-state index contributed by atoms with van der Waals surface area (Å²) in [7, 11) is 0. The van der Waals surface area contributed by atoms with Crippen molar-refractivity contribution in [2.24, 2.45) is 0 Å². The van der Waals surface area contributed by atoms with E-state index in [0.29, 0.717) is 12.1 Å². The van der Waals surface area contributed by atoms with Gasteiger partial charge in [0.1, 0.15) is 0 Å². The molecular formula is C17H14I3NO2. The topological polar surface area (TPSA) is 38.3 Å². The van der Waals surface area contributed by atoms with Gasteiger partial charge in [0.15, 0.2) is 5.60 Å².